The third-order valence-electron chi connectivity index (χ3n) is 2.29. The molecule has 4 heteroatoms. The summed E-state index contributed by atoms with van der Waals surface area (Å²) in [5, 5.41) is 3.17. The van der Waals surface area contributed by atoms with Crippen LogP contribution in [0.5, 0.6) is 0 Å². The predicted molar refractivity (Wildman–Crippen MR) is 59.3 cm³/mol. The second-order valence-corrected chi connectivity index (χ2v) is 3.44. The van der Waals surface area contributed by atoms with Gasteiger partial charge < -0.3 is 10.1 Å². The van der Waals surface area contributed by atoms with Crippen molar-refractivity contribution in [3.63, 3.8) is 0 Å². The fourth-order valence-corrected chi connectivity index (χ4v) is 1.48. The van der Waals surface area contributed by atoms with Gasteiger partial charge in [0, 0.05) is 6.61 Å². The van der Waals surface area contributed by atoms with Gasteiger partial charge in [0.05, 0.1) is 12.6 Å². The molecule has 0 aliphatic heterocycles. The van der Waals surface area contributed by atoms with Crippen molar-refractivity contribution in [2.24, 2.45) is 0 Å². The Kier molecular flexibility index (Phi) is 5.35. The summed E-state index contributed by atoms with van der Waals surface area (Å²) in [6, 6.07) is 3.83. The van der Waals surface area contributed by atoms with E-state index in [2.05, 4.69) is 5.32 Å². The van der Waals surface area contributed by atoms with Crippen molar-refractivity contribution in [3.8, 4) is 0 Å². The van der Waals surface area contributed by atoms with E-state index < -0.39 is 11.6 Å². The molecule has 2 nitrogen and oxygen atoms in total. The third-order valence-corrected chi connectivity index (χ3v) is 2.29. The van der Waals surface area contributed by atoms with Gasteiger partial charge in [-0.2, -0.15) is 0 Å². The van der Waals surface area contributed by atoms with Crippen LogP contribution in [0.3, 0.4) is 0 Å². The molecule has 0 aromatic heterocycles. The zero-order valence-corrected chi connectivity index (χ0v) is 9.59. The van der Waals surface area contributed by atoms with Crippen LogP contribution >= 0.6 is 0 Å². The summed E-state index contributed by atoms with van der Waals surface area (Å²) in [5.74, 6) is -1.65. The predicted octanol–water partition coefficient (Wildman–Crippen LogP) is 2.65. The lowest BCUT2D eigenvalue weighted by Gasteiger charge is -2.18. The van der Waals surface area contributed by atoms with Gasteiger partial charge in [-0.15, -0.1) is 0 Å². The zero-order valence-electron chi connectivity index (χ0n) is 9.59. The van der Waals surface area contributed by atoms with Gasteiger partial charge in [-0.3, -0.25) is 0 Å². The fourth-order valence-electron chi connectivity index (χ4n) is 1.48. The molecule has 1 aromatic carbocycles. The van der Waals surface area contributed by atoms with Crippen LogP contribution < -0.4 is 5.32 Å². The van der Waals surface area contributed by atoms with E-state index >= 15 is 0 Å². The van der Waals surface area contributed by atoms with Gasteiger partial charge in [0.1, 0.15) is 0 Å². The van der Waals surface area contributed by atoms with Crippen LogP contribution in [0.2, 0.25) is 0 Å². The first-order valence-electron chi connectivity index (χ1n) is 5.45. The minimum atomic E-state index is -0.824. The molecular weight excluding hydrogens is 212 g/mol. The molecule has 0 radical (unpaired) electrons. The molecule has 1 rings (SSSR count). The molecule has 1 atom stereocenters. The molecule has 16 heavy (non-hydrogen) atoms. The number of nitrogens with one attached hydrogen (secondary N) is 1. The lowest BCUT2D eigenvalue weighted by atomic mass is 10.1. The van der Waals surface area contributed by atoms with Crippen LogP contribution in [0.25, 0.3) is 0 Å². The van der Waals surface area contributed by atoms with Crippen molar-refractivity contribution in [2.75, 3.05) is 19.8 Å². The van der Waals surface area contributed by atoms with Crippen LogP contribution in [-0.2, 0) is 4.74 Å². The summed E-state index contributed by atoms with van der Waals surface area (Å²) in [6.07, 6.45) is 0. The van der Waals surface area contributed by atoms with Gasteiger partial charge in [0.15, 0.2) is 11.6 Å². The highest BCUT2D eigenvalue weighted by molar-refractivity contribution is 5.21. The quantitative estimate of drug-likeness (QED) is 0.809. The van der Waals surface area contributed by atoms with Gasteiger partial charge in [-0.25, -0.2) is 8.78 Å². The molecule has 0 heterocycles. The van der Waals surface area contributed by atoms with Crippen molar-refractivity contribution >= 4 is 0 Å². The molecule has 1 unspecified atom stereocenters. The molecule has 90 valence electrons. The number of likely N-dealkylation sites (N-methyl/N-ethyl adjacent to an activating group) is 1. The summed E-state index contributed by atoms with van der Waals surface area (Å²) >= 11 is 0. The number of rotatable bonds is 6. The topological polar surface area (TPSA) is 21.3 Å². The Hall–Kier alpha value is -1.00. The summed E-state index contributed by atoms with van der Waals surface area (Å²) in [4.78, 5) is 0. The molecule has 0 bridgehead atoms. The second-order valence-electron chi connectivity index (χ2n) is 3.44. The summed E-state index contributed by atoms with van der Waals surface area (Å²) in [6.45, 7) is 5.66. The van der Waals surface area contributed by atoms with Gasteiger partial charge in [-0.1, -0.05) is 13.0 Å². The molecule has 0 saturated heterocycles. The highest BCUT2D eigenvalue weighted by Gasteiger charge is 2.12. The van der Waals surface area contributed by atoms with Crippen LogP contribution in [0.4, 0.5) is 8.78 Å². The minimum Gasteiger partial charge on any atom is -0.380 e. The van der Waals surface area contributed by atoms with Crippen molar-refractivity contribution < 1.29 is 13.5 Å². The van der Waals surface area contributed by atoms with E-state index in [1.165, 1.54) is 6.07 Å². The molecule has 0 amide bonds. The number of hydrogen-bond acceptors (Lipinski definition) is 2. The first-order chi connectivity index (χ1) is 7.69. The van der Waals surface area contributed by atoms with Crippen molar-refractivity contribution in [1.82, 2.24) is 5.32 Å². The van der Waals surface area contributed by atoms with E-state index in [1.807, 2.05) is 13.8 Å². The molecule has 0 saturated carbocycles. The normalized spacial score (nSPS) is 12.8. The average Bonchev–Trinajstić information content (AvgIpc) is 2.28. The maximum atomic E-state index is 13.1. The Balaban J connectivity index is 2.78. The summed E-state index contributed by atoms with van der Waals surface area (Å²) in [7, 11) is 0. The van der Waals surface area contributed by atoms with Crippen LogP contribution in [0, 0.1) is 11.6 Å². The third kappa shape index (κ3) is 3.54. The van der Waals surface area contributed by atoms with Gasteiger partial charge in [-0.05, 0) is 31.2 Å². The maximum absolute atomic E-state index is 13.1. The van der Waals surface area contributed by atoms with E-state index in [4.69, 9.17) is 4.74 Å². The Morgan fingerprint density at radius 3 is 2.56 bits per heavy atom. The van der Waals surface area contributed by atoms with Crippen LogP contribution in [0.1, 0.15) is 25.5 Å². The first kappa shape index (κ1) is 13.1. The number of hydrogen-bond donors (Lipinski definition) is 1. The average molecular weight is 229 g/mol. The standard InChI is InChI=1S/C12H17F2NO/c1-3-15-12(8-16-4-2)9-5-6-10(13)11(14)7-9/h5-7,12,15H,3-4,8H2,1-2H3. The monoisotopic (exact) mass is 229 g/mol. The summed E-state index contributed by atoms with van der Waals surface area (Å²) in [5.41, 5.74) is 0.703. The molecule has 0 fully saturated rings. The number of benzene rings is 1. The van der Waals surface area contributed by atoms with E-state index in [0.717, 1.165) is 12.6 Å². The Morgan fingerprint density at radius 1 is 1.25 bits per heavy atom. The highest BCUT2D eigenvalue weighted by atomic mass is 19.2. The molecule has 1 aromatic rings. The van der Waals surface area contributed by atoms with E-state index in [9.17, 15) is 8.78 Å². The minimum absolute atomic E-state index is 0.0972. The van der Waals surface area contributed by atoms with Crippen molar-refractivity contribution in [2.45, 2.75) is 19.9 Å². The van der Waals surface area contributed by atoms with E-state index in [-0.39, 0.29) is 6.04 Å². The Labute approximate surface area is 94.6 Å². The van der Waals surface area contributed by atoms with Gasteiger partial charge in [0.25, 0.3) is 0 Å². The molecule has 0 aliphatic rings. The van der Waals surface area contributed by atoms with Gasteiger partial charge in [0.2, 0.25) is 0 Å². The number of halogens is 2. The highest BCUT2D eigenvalue weighted by Crippen LogP contribution is 2.16. The molecule has 1 N–H and O–H groups in total. The smallest absolute Gasteiger partial charge is 0.159 e. The van der Waals surface area contributed by atoms with Crippen LogP contribution in [-0.4, -0.2) is 19.8 Å². The largest absolute Gasteiger partial charge is 0.380 e. The maximum Gasteiger partial charge on any atom is 0.159 e. The zero-order chi connectivity index (χ0) is 12.0. The van der Waals surface area contributed by atoms with Crippen molar-refractivity contribution in [1.29, 1.82) is 0 Å². The van der Waals surface area contributed by atoms with Gasteiger partial charge >= 0.3 is 0 Å². The Bertz CT molecular complexity index is 331. The van der Waals surface area contributed by atoms with Crippen LogP contribution in [0.15, 0.2) is 18.2 Å². The number of ether oxygens (including phenoxy) is 1. The summed E-state index contributed by atoms with van der Waals surface area (Å²) < 4.78 is 31.1. The van der Waals surface area contributed by atoms with E-state index in [0.29, 0.717) is 18.8 Å². The SMILES string of the molecule is CCNC(COCC)c1ccc(F)c(F)c1. The van der Waals surface area contributed by atoms with Crippen molar-refractivity contribution in [3.05, 3.63) is 35.4 Å². The lowest BCUT2D eigenvalue weighted by molar-refractivity contribution is 0.123. The lowest BCUT2D eigenvalue weighted by Crippen LogP contribution is -2.25. The molecule has 0 spiro atoms. The Morgan fingerprint density at radius 2 is 2.00 bits per heavy atom. The fraction of sp³-hybridized carbons (Fsp3) is 0.500. The molecular formula is C12H17F2NO. The second kappa shape index (κ2) is 6.55. The van der Waals surface area contributed by atoms with E-state index in [1.54, 1.807) is 6.07 Å². The molecule has 0 aliphatic carbocycles. The first-order valence-corrected chi connectivity index (χ1v) is 5.45.